The van der Waals surface area contributed by atoms with Crippen LogP contribution in [0, 0.1) is 5.92 Å². The first-order valence-corrected chi connectivity index (χ1v) is 14.7. The van der Waals surface area contributed by atoms with Crippen molar-refractivity contribution in [2.24, 2.45) is 5.92 Å². The van der Waals surface area contributed by atoms with Crippen molar-refractivity contribution in [1.29, 1.82) is 0 Å². The van der Waals surface area contributed by atoms with Crippen molar-refractivity contribution < 1.29 is 32.6 Å². The van der Waals surface area contributed by atoms with Crippen LogP contribution in [-0.4, -0.2) is 113 Å². The fraction of sp³-hybridized carbons (Fsp3) is 0.552. The largest absolute Gasteiger partial charge is 0.477 e. The summed E-state index contributed by atoms with van der Waals surface area (Å²) in [5.74, 6) is 0.447. The van der Waals surface area contributed by atoms with Crippen molar-refractivity contribution in [2.45, 2.75) is 25.7 Å². The Bertz CT molecular complexity index is 1440. The van der Waals surface area contributed by atoms with Gasteiger partial charge in [-0.15, -0.1) is 0 Å². The van der Waals surface area contributed by atoms with E-state index in [9.17, 15) is 18.4 Å². The van der Waals surface area contributed by atoms with Crippen molar-refractivity contribution in [3.63, 3.8) is 0 Å². The van der Waals surface area contributed by atoms with E-state index >= 15 is 0 Å². The Morgan fingerprint density at radius 3 is 2.35 bits per heavy atom. The number of para-hydroxylation sites is 2. The lowest BCUT2D eigenvalue weighted by Gasteiger charge is -2.27. The van der Waals surface area contributed by atoms with Crippen LogP contribution in [0.5, 0.6) is 5.88 Å². The lowest BCUT2D eigenvalue weighted by Crippen LogP contribution is -2.41. The first-order chi connectivity index (χ1) is 21.0. The smallest absolute Gasteiger partial charge is 0.296 e. The molecular formula is C29H35F2N7O5. The Morgan fingerprint density at radius 1 is 0.907 bits per heavy atom. The summed E-state index contributed by atoms with van der Waals surface area (Å²) in [5.41, 5.74) is 0.946. The molecule has 2 amide bonds. The van der Waals surface area contributed by atoms with Gasteiger partial charge in [0.25, 0.3) is 6.43 Å². The number of halogens is 2. The number of fused-ring (bicyclic) bond motifs is 1. The van der Waals surface area contributed by atoms with Crippen LogP contribution in [0.25, 0.3) is 16.9 Å². The number of nitrogens with zero attached hydrogens (tertiary/aromatic N) is 7. The van der Waals surface area contributed by atoms with Gasteiger partial charge in [-0.05, 0) is 18.6 Å². The second-order valence-electron chi connectivity index (χ2n) is 10.9. The third kappa shape index (κ3) is 6.69. The molecule has 3 aliphatic rings. The van der Waals surface area contributed by atoms with E-state index in [1.807, 2.05) is 4.90 Å². The Balaban J connectivity index is 1.15. The fourth-order valence-corrected chi connectivity index (χ4v) is 5.67. The molecule has 0 unspecified atom stereocenters. The number of aromatic nitrogens is 4. The number of imidazole rings is 1. The highest BCUT2D eigenvalue weighted by molar-refractivity contribution is 5.84. The van der Waals surface area contributed by atoms with Gasteiger partial charge in [-0.3, -0.25) is 14.2 Å². The van der Waals surface area contributed by atoms with Gasteiger partial charge in [-0.2, -0.15) is 9.97 Å². The SMILES string of the molecule is O=C(CCC(=O)N1CC[C@H](COc2cc(-n3c(C(F)F)nc4ccccc43)nc(N3CCOCC3)n2)C1)N1CCOCC1. The van der Waals surface area contributed by atoms with Gasteiger partial charge >= 0.3 is 0 Å². The average molecular weight is 600 g/mol. The molecule has 3 fully saturated rings. The minimum absolute atomic E-state index is 0.0213. The van der Waals surface area contributed by atoms with Gasteiger partial charge in [0.05, 0.1) is 44.1 Å². The third-order valence-corrected chi connectivity index (χ3v) is 8.00. The van der Waals surface area contributed by atoms with Crippen LogP contribution in [0.2, 0.25) is 0 Å². The molecule has 0 N–H and O–H groups in total. The van der Waals surface area contributed by atoms with Gasteiger partial charge in [0.2, 0.25) is 23.6 Å². The van der Waals surface area contributed by atoms with Crippen LogP contribution >= 0.6 is 0 Å². The summed E-state index contributed by atoms with van der Waals surface area (Å²) in [4.78, 5) is 44.1. The van der Waals surface area contributed by atoms with E-state index in [4.69, 9.17) is 14.2 Å². The van der Waals surface area contributed by atoms with Gasteiger partial charge in [-0.25, -0.2) is 13.8 Å². The van der Waals surface area contributed by atoms with E-state index < -0.39 is 12.2 Å². The summed E-state index contributed by atoms with van der Waals surface area (Å²) in [6, 6.07) is 8.48. The molecule has 3 saturated heterocycles. The minimum Gasteiger partial charge on any atom is -0.477 e. The molecule has 3 aliphatic heterocycles. The molecule has 5 heterocycles. The number of alkyl halides is 2. The van der Waals surface area contributed by atoms with Gasteiger partial charge < -0.3 is 28.9 Å². The summed E-state index contributed by atoms with van der Waals surface area (Å²) in [6.45, 7) is 5.71. The molecule has 230 valence electrons. The van der Waals surface area contributed by atoms with Crippen LogP contribution in [0.3, 0.4) is 0 Å². The fourth-order valence-electron chi connectivity index (χ4n) is 5.67. The first kappa shape index (κ1) is 29.2. The zero-order chi connectivity index (χ0) is 29.8. The number of carbonyl (C=O) groups is 2. The van der Waals surface area contributed by atoms with E-state index in [-0.39, 0.29) is 42.3 Å². The number of morpholine rings is 2. The minimum atomic E-state index is -2.82. The molecule has 1 atom stereocenters. The lowest BCUT2D eigenvalue weighted by atomic mass is 10.1. The number of likely N-dealkylation sites (tertiary alicyclic amines) is 1. The van der Waals surface area contributed by atoms with Crippen molar-refractivity contribution in [2.75, 3.05) is 77.2 Å². The molecule has 14 heteroatoms. The van der Waals surface area contributed by atoms with Crippen molar-refractivity contribution in [3.8, 4) is 11.7 Å². The normalized spacial score (nSPS) is 19.4. The highest BCUT2D eigenvalue weighted by Gasteiger charge is 2.29. The van der Waals surface area contributed by atoms with E-state index in [0.717, 1.165) is 6.42 Å². The molecular weight excluding hydrogens is 564 g/mol. The predicted octanol–water partition coefficient (Wildman–Crippen LogP) is 2.46. The zero-order valence-electron chi connectivity index (χ0n) is 23.9. The number of rotatable bonds is 9. The Labute approximate surface area is 247 Å². The molecule has 6 rings (SSSR count). The number of amides is 2. The van der Waals surface area contributed by atoms with Crippen molar-refractivity contribution in [1.82, 2.24) is 29.3 Å². The van der Waals surface area contributed by atoms with Gasteiger partial charge in [-0.1, -0.05) is 12.1 Å². The Morgan fingerprint density at radius 2 is 1.60 bits per heavy atom. The maximum absolute atomic E-state index is 14.1. The topological polar surface area (TPSA) is 115 Å². The number of carbonyl (C=O) groups excluding carboxylic acids is 2. The van der Waals surface area contributed by atoms with Crippen LogP contribution in [0.15, 0.2) is 30.3 Å². The van der Waals surface area contributed by atoms with Crippen LogP contribution in [0.1, 0.15) is 31.5 Å². The molecule has 0 aliphatic carbocycles. The molecule has 3 aromatic rings. The number of ether oxygens (including phenoxy) is 3. The van der Waals surface area contributed by atoms with E-state index in [0.29, 0.717) is 89.3 Å². The standard InChI is InChI=1S/C29H35F2N7O5/c30-27(31)28-32-21-3-1-2-4-22(21)38(28)23-17-24(34-29(33-23)36-11-15-42-16-12-36)43-19-20-7-8-37(18-20)26(40)6-5-25(39)35-9-13-41-14-10-35/h1-4,17,20,27H,5-16,18-19H2/t20-/m0/s1. The van der Waals surface area contributed by atoms with E-state index in [2.05, 4.69) is 15.0 Å². The second kappa shape index (κ2) is 13.2. The summed E-state index contributed by atoms with van der Waals surface area (Å²) >= 11 is 0. The zero-order valence-corrected chi connectivity index (χ0v) is 23.9. The van der Waals surface area contributed by atoms with Gasteiger partial charge in [0, 0.05) is 64.1 Å². The van der Waals surface area contributed by atoms with Gasteiger partial charge in [0.1, 0.15) is 5.82 Å². The average Bonchev–Trinajstić information content (AvgIpc) is 3.69. The molecule has 43 heavy (non-hydrogen) atoms. The maximum Gasteiger partial charge on any atom is 0.296 e. The molecule has 0 bridgehead atoms. The van der Waals surface area contributed by atoms with Gasteiger partial charge in [0.15, 0.2) is 5.82 Å². The van der Waals surface area contributed by atoms with E-state index in [1.165, 1.54) is 4.57 Å². The first-order valence-electron chi connectivity index (χ1n) is 14.7. The summed E-state index contributed by atoms with van der Waals surface area (Å²) in [7, 11) is 0. The maximum atomic E-state index is 14.1. The number of anilines is 1. The number of hydrogen-bond donors (Lipinski definition) is 0. The molecule has 1 aromatic carbocycles. The summed E-state index contributed by atoms with van der Waals surface area (Å²) < 4.78 is 46.5. The molecule has 0 radical (unpaired) electrons. The van der Waals surface area contributed by atoms with Crippen LogP contribution in [0.4, 0.5) is 14.7 Å². The highest BCUT2D eigenvalue weighted by Crippen LogP contribution is 2.30. The summed E-state index contributed by atoms with van der Waals surface area (Å²) in [6.07, 6.45) is -1.70. The summed E-state index contributed by atoms with van der Waals surface area (Å²) in [5, 5.41) is 0. The van der Waals surface area contributed by atoms with Crippen LogP contribution in [-0.2, 0) is 19.1 Å². The molecule has 2 aromatic heterocycles. The Kier molecular flexibility index (Phi) is 8.93. The molecule has 12 nitrogen and oxygen atoms in total. The molecule has 0 spiro atoms. The lowest BCUT2D eigenvalue weighted by molar-refractivity contribution is -0.139. The van der Waals surface area contributed by atoms with E-state index in [1.54, 1.807) is 40.1 Å². The Hall–Kier alpha value is -3.91. The second-order valence-corrected chi connectivity index (χ2v) is 10.9. The third-order valence-electron chi connectivity index (χ3n) is 8.00. The number of benzene rings is 1. The quantitative estimate of drug-likeness (QED) is 0.366. The number of hydrogen-bond acceptors (Lipinski definition) is 9. The monoisotopic (exact) mass is 599 g/mol. The highest BCUT2D eigenvalue weighted by atomic mass is 19.3. The molecule has 0 saturated carbocycles. The van der Waals surface area contributed by atoms with Crippen LogP contribution < -0.4 is 9.64 Å². The predicted molar refractivity (Wildman–Crippen MR) is 151 cm³/mol. The van der Waals surface area contributed by atoms with Crippen molar-refractivity contribution in [3.05, 3.63) is 36.2 Å². The van der Waals surface area contributed by atoms with Crippen molar-refractivity contribution >= 4 is 28.8 Å².